The molecule has 4 heteroatoms. The lowest BCUT2D eigenvalue weighted by Gasteiger charge is -2.20. The molecule has 3 nitrogen and oxygen atoms in total. The van der Waals surface area contributed by atoms with Crippen LogP contribution in [0.1, 0.15) is 20.3 Å². The van der Waals surface area contributed by atoms with E-state index in [1.54, 1.807) is 7.11 Å². The van der Waals surface area contributed by atoms with Crippen LogP contribution < -0.4 is 5.32 Å². The Balaban J connectivity index is 2.19. The van der Waals surface area contributed by atoms with Crippen molar-refractivity contribution in [3.63, 3.8) is 0 Å². The van der Waals surface area contributed by atoms with E-state index < -0.39 is 0 Å². The predicted octanol–water partition coefficient (Wildman–Crippen LogP) is 1.52. The summed E-state index contributed by atoms with van der Waals surface area (Å²) in [5, 5.41) is 4.11. The average molecular weight is 233 g/mol. The van der Waals surface area contributed by atoms with Gasteiger partial charge in [0.25, 0.3) is 0 Å². The van der Waals surface area contributed by atoms with Crippen molar-refractivity contribution in [3.05, 3.63) is 0 Å². The molecule has 1 aliphatic heterocycles. The Bertz CT molecular complexity index is 163. The molecular weight excluding hydrogens is 210 g/mol. The van der Waals surface area contributed by atoms with Gasteiger partial charge in [0.05, 0.1) is 12.7 Å². The van der Waals surface area contributed by atoms with Crippen molar-refractivity contribution >= 4 is 11.8 Å². The number of likely N-dealkylation sites (N-methyl/N-ethyl adjacent to an activating group) is 1. The summed E-state index contributed by atoms with van der Waals surface area (Å²) in [5.74, 6) is 1.11. The highest BCUT2D eigenvalue weighted by atomic mass is 32.2. The first-order valence-corrected chi connectivity index (χ1v) is 6.78. The fourth-order valence-electron chi connectivity index (χ4n) is 1.83. The van der Waals surface area contributed by atoms with E-state index in [2.05, 4.69) is 19.2 Å². The van der Waals surface area contributed by atoms with Gasteiger partial charge in [-0.15, -0.1) is 0 Å². The Morgan fingerprint density at radius 1 is 1.60 bits per heavy atom. The van der Waals surface area contributed by atoms with Gasteiger partial charge >= 0.3 is 0 Å². The summed E-state index contributed by atoms with van der Waals surface area (Å²) in [5.41, 5.74) is 0. The van der Waals surface area contributed by atoms with Crippen molar-refractivity contribution in [1.82, 2.24) is 5.32 Å². The second kappa shape index (κ2) is 7.49. The molecular formula is C11H23NO2S. The zero-order valence-electron chi connectivity index (χ0n) is 9.99. The lowest BCUT2D eigenvalue weighted by Crippen LogP contribution is -2.36. The normalized spacial score (nSPS) is 28.2. The molecule has 0 aliphatic carbocycles. The van der Waals surface area contributed by atoms with E-state index in [0.717, 1.165) is 25.5 Å². The fourth-order valence-corrected chi connectivity index (χ4v) is 3.13. The number of hydrogen-bond acceptors (Lipinski definition) is 4. The van der Waals surface area contributed by atoms with Crippen molar-refractivity contribution in [2.75, 3.05) is 32.6 Å². The first kappa shape index (κ1) is 13.3. The van der Waals surface area contributed by atoms with Crippen LogP contribution in [-0.4, -0.2) is 50.0 Å². The zero-order valence-corrected chi connectivity index (χ0v) is 10.8. The molecule has 0 radical (unpaired) electrons. The molecule has 1 N–H and O–H groups in total. The number of rotatable bonds is 7. The van der Waals surface area contributed by atoms with Crippen molar-refractivity contribution < 1.29 is 9.47 Å². The van der Waals surface area contributed by atoms with Crippen molar-refractivity contribution in [2.45, 2.75) is 37.7 Å². The van der Waals surface area contributed by atoms with Crippen LogP contribution in [0, 0.1) is 0 Å². The molecule has 3 unspecified atom stereocenters. The van der Waals surface area contributed by atoms with Gasteiger partial charge in [-0.05, 0) is 19.9 Å². The zero-order chi connectivity index (χ0) is 11.1. The van der Waals surface area contributed by atoms with Gasteiger partial charge in [-0.3, -0.25) is 0 Å². The summed E-state index contributed by atoms with van der Waals surface area (Å²) in [6.45, 7) is 7.03. The van der Waals surface area contributed by atoms with Gasteiger partial charge < -0.3 is 14.8 Å². The largest absolute Gasteiger partial charge is 0.383 e. The molecule has 0 aromatic carbocycles. The Kier molecular flexibility index (Phi) is 6.64. The first-order chi connectivity index (χ1) is 7.27. The van der Waals surface area contributed by atoms with Gasteiger partial charge in [0, 0.05) is 30.8 Å². The first-order valence-electron chi connectivity index (χ1n) is 5.73. The SMILES string of the molecule is CCNC(COC)CSC1CCOC1C. The van der Waals surface area contributed by atoms with Gasteiger partial charge in [-0.2, -0.15) is 11.8 Å². The summed E-state index contributed by atoms with van der Waals surface area (Å²) >= 11 is 2.01. The Labute approximate surface area is 97.3 Å². The minimum absolute atomic E-state index is 0.417. The highest BCUT2D eigenvalue weighted by molar-refractivity contribution is 8.00. The molecule has 0 amide bonds. The van der Waals surface area contributed by atoms with Crippen LogP contribution in [-0.2, 0) is 9.47 Å². The topological polar surface area (TPSA) is 30.5 Å². The number of ether oxygens (including phenoxy) is 2. The summed E-state index contributed by atoms with van der Waals surface area (Å²) < 4.78 is 10.7. The van der Waals surface area contributed by atoms with Gasteiger partial charge in [-0.25, -0.2) is 0 Å². The number of methoxy groups -OCH3 is 1. The highest BCUT2D eigenvalue weighted by Crippen LogP contribution is 2.26. The van der Waals surface area contributed by atoms with Gasteiger partial charge in [-0.1, -0.05) is 6.92 Å². The van der Waals surface area contributed by atoms with Crippen LogP contribution in [0.4, 0.5) is 0 Å². The third kappa shape index (κ3) is 4.72. The smallest absolute Gasteiger partial charge is 0.0666 e. The Morgan fingerprint density at radius 2 is 2.40 bits per heavy atom. The number of hydrogen-bond donors (Lipinski definition) is 1. The second-order valence-corrected chi connectivity index (χ2v) is 5.22. The number of nitrogens with one attached hydrogen (secondary N) is 1. The maximum Gasteiger partial charge on any atom is 0.0666 e. The highest BCUT2D eigenvalue weighted by Gasteiger charge is 2.25. The van der Waals surface area contributed by atoms with Crippen LogP contribution >= 0.6 is 11.8 Å². The van der Waals surface area contributed by atoms with Gasteiger partial charge in [0.1, 0.15) is 0 Å². The lowest BCUT2D eigenvalue weighted by atomic mass is 10.3. The molecule has 0 aromatic rings. The van der Waals surface area contributed by atoms with Crippen molar-refractivity contribution in [1.29, 1.82) is 0 Å². The minimum atomic E-state index is 0.417. The van der Waals surface area contributed by atoms with E-state index in [1.807, 2.05) is 11.8 Å². The molecule has 1 saturated heterocycles. The van der Waals surface area contributed by atoms with Gasteiger partial charge in [0.15, 0.2) is 0 Å². The molecule has 1 heterocycles. The molecule has 1 rings (SSSR count). The van der Waals surface area contributed by atoms with Crippen LogP contribution in [0.5, 0.6) is 0 Å². The molecule has 90 valence electrons. The van der Waals surface area contributed by atoms with E-state index in [1.165, 1.54) is 6.42 Å². The van der Waals surface area contributed by atoms with E-state index in [9.17, 15) is 0 Å². The third-order valence-corrected chi connectivity index (χ3v) is 4.32. The molecule has 0 aromatic heterocycles. The third-order valence-electron chi connectivity index (χ3n) is 2.68. The molecule has 15 heavy (non-hydrogen) atoms. The Morgan fingerprint density at radius 3 is 2.93 bits per heavy atom. The predicted molar refractivity (Wildman–Crippen MR) is 65.6 cm³/mol. The molecule has 1 fully saturated rings. The Hall–Kier alpha value is 0.230. The van der Waals surface area contributed by atoms with Crippen molar-refractivity contribution in [3.8, 4) is 0 Å². The monoisotopic (exact) mass is 233 g/mol. The molecule has 3 atom stereocenters. The van der Waals surface area contributed by atoms with E-state index in [0.29, 0.717) is 17.4 Å². The standard InChI is InChI=1S/C11H23NO2S/c1-4-12-10(7-13-3)8-15-11-5-6-14-9(11)2/h9-12H,4-8H2,1-3H3. The minimum Gasteiger partial charge on any atom is -0.383 e. The summed E-state index contributed by atoms with van der Waals surface area (Å²) in [4.78, 5) is 0. The molecule has 0 saturated carbocycles. The molecule has 1 aliphatic rings. The maximum atomic E-state index is 5.55. The van der Waals surface area contributed by atoms with E-state index in [-0.39, 0.29) is 0 Å². The second-order valence-electron chi connectivity index (χ2n) is 3.95. The summed E-state index contributed by atoms with van der Waals surface area (Å²) in [6.07, 6.45) is 1.61. The maximum absolute atomic E-state index is 5.55. The number of thioether (sulfide) groups is 1. The van der Waals surface area contributed by atoms with Crippen molar-refractivity contribution in [2.24, 2.45) is 0 Å². The van der Waals surface area contributed by atoms with E-state index in [4.69, 9.17) is 9.47 Å². The molecule has 0 spiro atoms. The molecule has 0 bridgehead atoms. The fraction of sp³-hybridized carbons (Fsp3) is 1.00. The van der Waals surface area contributed by atoms with Crippen LogP contribution in [0.2, 0.25) is 0 Å². The average Bonchev–Trinajstić information content (AvgIpc) is 2.61. The van der Waals surface area contributed by atoms with Gasteiger partial charge in [0.2, 0.25) is 0 Å². The summed E-state index contributed by atoms with van der Waals surface area (Å²) in [7, 11) is 1.76. The summed E-state index contributed by atoms with van der Waals surface area (Å²) in [6, 6.07) is 0.470. The van der Waals surface area contributed by atoms with Crippen LogP contribution in [0.3, 0.4) is 0 Å². The van der Waals surface area contributed by atoms with Crippen LogP contribution in [0.25, 0.3) is 0 Å². The van der Waals surface area contributed by atoms with Crippen LogP contribution in [0.15, 0.2) is 0 Å². The quantitative estimate of drug-likeness (QED) is 0.722. The van der Waals surface area contributed by atoms with E-state index >= 15 is 0 Å². The lowest BCUT2D eigenvalue weighted by molar-refractivity contribution is 0.127.